The van der Waals surface area contributed by atoms with E-state index in [0.717, 1.165) is 6.20 Å². The minimum absolute atomic E-state index is 0.0129. The zero-order chi connectivity index (χ0) is 26.4. The number of anilines is 2. The highest BCUT2D eigenvalue weighted by atomic mass is 35.5. The van der Waals surface area contributed by atoms with Gasteiger partial charge in [0.2, 0.25) is 5.88 Å². The van der Waals surface area contributed by atoms with Crippen molar-refractivity contribution in [3.05, 3.63) is 59.8 Å². The van der Waals surface area contributed by atoms with E-state index >= 15 is 0 Å². The third-order valence-corrected chi connectivity index (χ3v) is 6.80. The second kappa shape index (κ2) is 11.8. The summed E-state index contributed by atoms with van der Waals surface area (Å²) in [5.41, 5.74) is 1.12. The first-order valence-corrected chi connectivity index (χ1v) is 14.1. The van der Waals surface area contributed by atoms with Gasteiger partial charge in [0.25, 0.3) is 0 Å². The number of nitrogens with one attached hydrogen (secondary N) is 1. The highest BCUT2D eigenvalue weighted by molar-refractivity contribution is 7.98. The van der Waals surface area contributed by atoms with Crippen molar-refractivity contribution in [2.24, 2.45) is 4.36 Å². The molecule has 0 aliphatic carbocycles. The van der Waals surface area contributed by atoms with Crippen molar-refractivity contribution in [3.8, 4) is 22.8 Å². The number of rotatable bonds is 4. The summed E-state index contributed by atoms with van der Waals surface area (Å²) in [6, 6.07) is 8.60. The van der Waals surface area contributed by atoms with Gasteiger partial charge in [0, 0.05) is 35.4 Å². The molecule has 0 spiro atoms. The number of hydrogen-bond acceptors (Lipinski definition) is 7. The van der Waals surface area contributed by atoms with Crippen molar-refractivity contribution in [2.45, 2.75) is 12.2 Å². The molecule has 1 aromatic carbocycles. The number of aromatic nitrogens is 2. The summed E-state index contributed by atoms with van der Waals surface area (Å²) >= 11 is 5.51. The molecular weight excluding hydrogens is 530 g/mol. The fourth-order valence-electron chi connectivity index (χ4n) is 3.60. The van der Waals surface area contributed by atoms with Gasteiger partial charge < -0.3 is 24.1 Å². The molecule has 0 unspecified atom stereocenters. The van der Waals surface area contributed by atoms with Gasteiger partial charge in [-0.3, -0.25) is 0 Å². The number of hydrogen-bond donors (Lipinski definition) is 3. The van der Waals surface area contributed by atoms with Gasteiger partial charge in [0.1, 0.15) is 35.6 Å². The van der Waals surface area contributed by atoms with Crippen molar-refractivity contribution in [3.63, 3.8) is 0 Å². The van der Waals surface area contributed by atoms with Gasteiger partial charge in [-0.25, -0.2) is 18.6 Å². The molecule has 1 amide bonds. The Hall–Kier alpha value is -3.35. The molecule has 0 saturated carbocycles. The number of nitrogens with zero attached hydrogens (tertiary/aromatic N) is 3. The monoisotopic (exact) mass is 554 g/mol. The topological polar surface area (TPSA) is 115 Å². The van der Waals surface area contributed by atoms with E-state index in [1.807, 2.05) is 0 Å². The van der Waals surface area contributed by atoms with Crippen LogP contribution in [0.3, 0.4) is 0 Å². The van der Waals surface area contributed by atoms with Crippen LogP contribution in [0.2, 0.25) is 0 Å². The fraction of sp³-hybridized carbons (Fsp3) is 0.292. The molecule has 3 aromatic rings. The number of halogens is 3. The molecule has 2 N–H and O–H groups in total. The van der Waals surface area contributed by atoms with E-state index in [2.05, 4.69) is 19.6 Å². The van der Waals surface area contributed by atoms with Gasteiger partial charge in [-0.15, -0.1) is 11.6 Å². The maximum absolute atomic E-state index is 14.7. The van der Waals surface area contributed by atoms with Crippen LogP contribution in [-0.4, -0.2) is 52.6 Å². The number of thiol groups is 1. The summed E-state index contributed by atoms with van der Waals surface area (Å²) in [6.45, 7) is 0.393. The summed E-state index contributed by atoms with van der Waals surface area (Å²) in [6.07, 6.45) is 2.06. The van der Waals surface area contributed by atoms with Crippen LogP contribution in [0, 0.1) is 11.6 Å². The normalized spacial score (nSPS) is 13.6. The van der Waals surface area contributed by atoms with E-state index in [-0.39, 0.29) is 54.5 Å². The highest BCUT2D eigenvalue weighted by Gasteiger charge is 2.17. The van der Waals surface area contributed by atoms with Gasteiger partial charge in [-0.1, -0.05) is 10.1 Å². The summed E-state index contributed by atoms with van der Waals surface area (Å²) in [5.74, 6) is 0.0685. The lowest BCUT2D eigenvalue weighted by Crippen LogP contribution is -2.15. The van der Waals surface area contributed by atoms with E-state index in [4.69, 9.17) is 25.8 Å². The van der Waals surface area contributed by atoms with Gasteiger partial charge >= 0.3 is 6.09 Å². The van der Waals surface area contributed by atoms with Crippen molar-refractivity contribution in [2.75, 3.05) is 37.3 Å². The lowest BCUT2D eigenvalue weighted by atomic mass is 10.0. The highest BCUT2D eigenvalue weighted by Crippen LogP contribution is 2.34. The molecule has 37 heavy (non-hydrogen) atoms. The number of fused-ring (bicyclic) bond motifs is 6. The number of carbonyl (C=O) groups is 1. The van der Waals surface area contributed by atoms with Crippen LogP contribution < -0.4 is 14.8 Å². The van der Waals surface area contributed by atoms with E-state index in [1.165, 1.54) is 30.5 Å². The van der Waals surface area contributed by atoms with E-state index in [9.17, 15) is 18.1 Å². The largest absolute Gasteiger partial charge is 0.493 e. The van der Waals surface area contributed by atoms with Crippen LogP contribution in [-0.2, 0) is 20.6 Å². The molecule has 2 aromatic heterocycles. The summed E-state index contributed by atoms with van der Waals surface area (Å²) in [7, 11) is -3.08. The number of alkyl halides is 1. The Morgan fingerprint density at radius 1 is 1.19 bits per heavy atom. The predicted molar refractivity (Wildman–Crippen MR) is 138 cm³/mol. The average Bonchev–Trinajstić information content (AvgIpc) is 2.83. The van der Waals surface area contributed by atoms with Crippen LogP contribution in [0.15, 0.2) is 47.0 Å². The smallest absolute Gasteiger partial charge is 0.439 e. The molecule has 4 bridgehead atoms. The van der Waals surface area contributed by atoms with Crippen LogP contribution in [0.4, 0.5) is 25.2 Å². The molecule has 0 radical (unpaired) electrons. The quantitative estimate of drug-likeness (QED) is 0.291. The molecule has 1 aliphatic rings. The minimum atomic E-state index is -3.08. The van der Waals surface area contributed by atoms with Crippen molar-refractivity contribution in [1.82, 2.24) is 9.97 Å². The Bertz CT molecular complexity index is 1350. The molecule has 0 saturated heterocycles. The zero-order valence-electron chi connectivity index (χ0n) is 19.8. The number of amides is 1. The molecule has 0 fully saturated rings. The number of benzene rings is 1. The van der Waals surface area contributed by atoms with Gasteiger partial charge in [0.05, 0.1) is 25.3 Å². The minimum Gasteiger partial charge on any atom is -0.493 e. The Morgan fingerprint density at radius 3 is 2.81 bits per heavy atom. The summed E-state index contributed by atoms with van der Waals surface area (Å²) in [5, 5.41) is 3.01. The van der Waals surface area contributed by atoms with Gasteiger partial charge in [-0.2, -0.15) is 9.35 Å². The first kappa shape index (κ1) is 26.7. The second-order valence-electron chi connectivity index (χ2n) is 8.21. The maximum atomic E-state index is 14.7. The van der Waals surface area contributed by atoms with Crippen LogP contribution >= 0.6 is 11.6 Å². The first-order valence-electron chi connectivity index (χ1n) is 11.3. The van der Waals surface area contributed by atoms with Crippen LogP contribution in [0.1, 0.15) is 12.0 Å². The zero-order valence-corrected chi connectivity index (χ0v) is 21.4. The second-order valence-corrected chi connectivity index (χ2v) is 11.3. The number of pyridine rings is 2. The number of ether oxygens (including phenoxy) is 3. The molecule has 13 heteroatoms. The standard InChI is InChI=1S/C24H25ClF2N4O5S/c1-37(33,31-24(32)36-8-5-25)14-15-9-22-29-21-12-18(19(27)13-28-21)17-4-3-16(26)11-20(17)34-6-2-7-35-23(10-15)30-22/h3-4,9-13,37H,2,5-8,14H2,1H3,(H,28,29,30)(H,31,32,33). The Kier molecular flexibility index (Phi) is 8.52. The van der Waals surface area contributed by atoms with Gasteiger partial charge in [0.15, 0.2) is 0 Å². The van der Waals surface area contributed by atoms with Crippen molar-refractivity contribution < 1.29 is 32.3 Å². The maximum Gasteiger partial charge on any atom is 0.439 e. The molecule has 4 rings (SSSR count). The lowest BCUT2D eigenvalue weighted by Gasteiger charge is -2.19. The fourth-order valence-corrected chi connectivity index (χ4v) is 5.03. The molecule has 198 valence electrons. The third kappa shape index (κ3) is 7.34. The SMILES string of the molecule is C[SH](O)(Cc1cc2nc(c1)OCCCOc1cc(F)ccc1-c1cc(ncc1F)N2)=NC(=O)OCCCl. The number of carbonyl (C=O) groups excluding carboxylic acids is 1. The van der Waals surface area contributed by atoms with E-state index in [1.54, 1.807) is 12.1 Å². The van der Waals surface area contributed by atoms with Gasteiger partial charge in [-0.05, 0) is 36.1 Å². The molecular formula is C24H25ClF2N4O5S. The Balaban J connectivity index is 1.69. The predicted octanol–water partition coefficient (Wildman–Crippen LogP) is 5.37. The average molecular weight is 555 g/mol. The lowest BCUT2D eigenvalue weighted by molar-refractivity contribution is 0.164. The molecule has 9 nitrogen and oxygen atoms in total. The molecule has 3 heterocycles. The Labute approximate surface area is 218 Å². The summed E-state index contributed by atoms with van der Waals surface area (Å²) in [4.78, 5) is 20.4. The van der Waals surface area contributed by atoms with Crippen LogP contribution in [0.25, 0.3) is 11.1 Å². The first-order chi connectivity index (χ1) is 17.7. The van der Waals surface area contributed by atoms with Crippen LogP contribution in [0.5, 0.6) is 11.6 Å². The van der Waals surface area contributed by atoms with Crippen molar-refractivity contribution in [1.29, 1.82) is 0 Å². The Morgan fingerprint density at radius 2 is 2.00 bits per heavy atom. The molecule has 1 aliphatic heterocycles. The van der Waals surface area contributed by atoms with E-state index in [0.29, 0.717) is 23.4 Å². The molecule has 0 atom stereocenters. The summed E-state index contributed by atoms with van der Waals surface area (Å²) < 4.78 is 59.5. The van der Waals surface area contributed by atoms with E-state index < -0.39 is 27.8 Å². The third-order valence-electron chi connectivity index (χ3n) is 5.09. The van der Waals surface area contributed by atoms with Crippen molar-refractivity contribution >= 4 is 39.4 Å².